The van der Waals surface area contributed by atoms with Crippen LogP contribution < -0.4 is 0 Å². The van der Waals surface area contributed by atoms with Crippen molar-refractivity contribution in [2.24, 2.45) is 7.05 Å². The predicted octanol–water partition coefficient (Wildman–Crippen LogP) is 0.0764. The highest BCUT2D eigenvalue weighted by atomic mass is 35.5. The van der Waals surface area contributed by atoms with Crippen molar-refractivity contribution < 1.29 is 13.5 Å². The van der Waals surface area contributed by atoms with Gasteiger partial charge in [0.1, 0.15) is 0 Å². The lowest BCUT2D eigenvalue weighted by Crippen LogP contribution is -2.34. The number of likely N-dealkylation sites (N-methyl/N-ethyl adjacent to an activating group) is 1. The smallest absolute Gasteiger partial charge is 0.261 e. The van der Waals surface area contributed by atoms with Gasteiger partial charge in [0.25, 0.3) is 10.0 Å². The summed E-state index contributed by atoms with van der Waals surface area (Å²) in [5.41, 5.74) is 0. The van der Waals surface area contributed by atoms with Gasteiger partial charge in [0.05, 0.1) is 17.8 Å². The van der Waals surface area contributed by atoms with E-state index in [2.05, 4.69) is 5.10 Å². The molecule has 0 aliphatic heterocycles. The summed E-state index contributed by atoms with van der Waals surface area (Å²) in [4.78, 5) is 0. The monoisotopic (exact) mass is 267 g/mol. The quantitative estimate of drug-likeness (QED) is 0.820. The molecule has 92 valence electrons. The van der Waals surface area contributed by atoms with Crippen molar-refractivity contribution in [2.75, 3.05) is 19.7 Å². The van der Waals surface area contributed by atoms with Crippen LogP contribution in [-0.2, 0) is 17.1 Å². The molecule has 0 aliphatic rings. The van der Waals surface area contributed by atoms with Crippen molar-refractivity contribution in [3.8, 4) is 0 Å². The SMILES string of the molecule is CCN(CCO)S(=O)(=O)c1c(Cl)cnn1C. The molecule has 0 saturated heterocycles. The molecule has 1 heterocycles. The first kappa shape index (κ1) is 13.4. The highest BCUT2D eigenvalue weighted by Crippen LogP contribution is 2.23. The molecule has 0 aromatic carbocycles. The van der Waals surface area contributed by atoms with Gasteiger partial charge in [0.15, 0.2) is 5.03 Å². The molecule has 1 aromatic rings. The molecule has 0 aliphatic carbocycles. The zero-order chi connectivity index (χ0) is 12.3. The van der Waals surface area contributed by atoms with E-state index in [1.165, 1.54) is 17.9 Å². The minimum Gasteiger partial charge on any atom is -0.395 e. The van der Waals surface area contributed by atoms with E-state index >= 15 is 0 Å². The van der Waals surface area contributed by atoms with Crippen molar-refractivity contribution in [3.05, 3.63) is 11.2 Å². The van der Waals surface area contributed by atoms with E-state index in [0.717, 1.165) is 4.31 Å². The molecule has 1 rings (SSSR count). The molecule has 16 heavy (non-hydrogen) atoms. The van der Waals surface area contributed by atoms with Crippen LogP contribution in [-0.4, -0.2) is 47.3 Å². The molecule has 0 saturated carbocycles. The fourth-order valence-electron chi connectivity index (χ4n) is 1.37. The van der Waals surface area contributed by atoms with Crippen LogP contribution in [0.1, 0.15) is 6.92 Å². The Morgan fingerprint density at radius 2 is 2.25 bits per heavy atom. The molecule has 0 bridgehead atoms. The lowest BCUT2D eigenvalue weighted by Gasteiger charge is -2.19. The summed E-state index contributed by atoms with van der Waals surface area (Å²) < 4.78 is 26.6. The predicted molar refractivity (Wildman–Crippen MR) is 59.7 cm³/mol. The molecular weight excluding hydrogens is 254 g/mol. The molecule has 0 amide bonds. The van der Waals surface area contributed by atoms with Gasteiger partial charge in [-0.3, -0.25) is 4.68 Å². The number of aryl methyl sites for hydroxylation is 1. The Labute approximate surface area is 99.5 Å². The second-order valence-corrected chi connectivity index (χ2v) is 5.40. The first-order valence-corrected chi connectivity index (χ1v) is 6.55. The Hall–Kier alpha value is -0.630. The molecule has 0 atom stereocenters. The average Bonchev–Trinajstić information content (AvgIpc) is 2.55. The fraction of sp³-hybridized carbons (Fsp3) is 0.625. The summed E-state index contributed by atoms with van der Waals surface area (Å²) in [6, 6.07) is 0. The largest absolute Gasteiger partial charge is 0.395 e. The van der Waals surface area contributed by atoms with Crippen LogP contribution in [0.4, 0.5) is 0 Å². The van der Waals surface area contributed by atoms with Crippen molar-refractivity contribution in [2.45, 2.75) is 11.9 Å². The second kappa shape index (κ2) is 5.13. The van der Waals surface area contributed by atoms with E-state index in [4.69, 9.17) is 16.7 Å². The van der Waals surface area contributed by atoms with Crippen LogP contribution in [0.3, 0.4) is 0 Å². The van der Waals surface area contributed by atoms with E-state index in [1.807, 2.05) is 0 Å². The summed E-state index contributed by atoms with van der Waals surface area (Å²) in [6.07, 6.45) is 1.28. The number of nitrogens with zero attached hydrogens (tertiary/aromatic N) is 3. The van der Waals surface area contributed by atoms with Crippen LogP contribution in [0.2, 0.25) is 5.02 Å². The number of halogens is 1. The van der Waals surface area contributed by atoms with Gasteiger partial charge >= 0.3 is 0 Å². The molecule has 8 heteroatoms. The van der Waals surface area contributed by atoms with Gasteiger partial charge in [-0.1, -0.05) is 18.5 Å². The molecule has 0 spiro atoms. The second-order valence-electron chi connectivity index (χ2n) is 3.14. The molecule has 0 radical (unpaired) electrons. The Morgan fingerprint density at radius 3 is 2.62 bits per heavy atom. The zero-order valence-electron chi connectivity index (χ0n) is 9.09. The third-order valence-corrected chi connectivity index (χ3v) is 4.61. The number of sulfonamides is 1. The lowest BCUT2D eigenvalue weighted by molar-refractivity contribution is 0.256. The summed E-state index contributed by atoms with van der Waals surface area (Å²) >= 11 is 5.78. The number of aromatic nitrogens is 2. The van der Waals surface area contributed by atoms with Gasteiger partial charge in [-0.2, -0.15) is 9.40 Å². The van der Waals surface area contributed by atoms with Gasteiger partial charge in [0, 0.05) is 20.1 Å². The van der Waals surface area contributed by atoms with Crippen LogP contribution >= 0.6 is 11.6 Å². The number of aliphatic hydroxyl groups excluding tert-OH is 1. The molecular formula is C8H14ClN3O3S. The molecule has 6 nitrogen and oxygen atoms in total. The van der Waals surface area contributed by atoms with Gasteiger partial charge < -0.3 is 5.11 Å². The average molecular weight is 268 g/mol. The molecule has 1 N–H and O–H groups in total. The normalized spacial score (nSPS) is 12.3. The van der Waals surface area contributed by atoms with E-state index in [-0.39, 0.29) is 29.7 Å². The van der Waals surface area contributed by atoms with Crippen molar-refractivity contribution in [1.29, 1.82) is 0 Å². The third-order valence-electron chi connectivity index (χ3n) is 2.13. The van der Waals surface area contributed by atoms with E-state index < -0.39 is 10.0 Å². The van der Waals surface area contributed by atoms with Crippen molar-refractivity contribution in [1.82, 2.24) is 14.1 Å². The summed E-state index contributed by atoms with van der Waals surface area (Å²) in [5.74, 6) is 0. The molecule has 1 aromatic heterocycles. The van der Waals surface area contributed by atoms with E-state index in [9.17, 15) is 8.42 Å². The Morgan fingerprint density at radius 1 is 1.62 bits per heavy atom. The van der Waals surface area contributed by atoms with Crippen molar-refractivity contribution >= 4 is 21.6 Å². The van der Waals surface area contributed by atoms with Crippen LogP contribution in [0.25, 0.3) is 0 Å². The summed E-state index contributed by atoms with van der Waals surface area (Å²) in [7, 11) is -2.18. The van der Waals surface area contributed by atoms with Gasteiger partial charge in [0.2, 0.25) is 0 Å². The maximum absolute atomic E-state index is 12.1. The standard InChI is InChI=1S/C8H14ClN3O3S/c1-3-12(4-5-13)16(14,15)8-7(9)6-10-11(8)2/h6,13H,3-5H2,1-2H3. The first-order valence-electron chi connectivity index (χ1n) is 4.73. The van der Waals surface area contributed by atoms with Gasteiger partial charge in [-0.15, -0.1) is 0 Å². The highest BCUT2D eigenvalue weighted by Gasteiger charge is 2.28. The zero-order valence-corrected chi connectivity index (χ0v) is 10.7. The van der Waals surface area contributed by atoms with Gasteiger partial charge in [-0.05, 0) is 0 Å². The Kier molecular flexibility index (Phi) is 4.31. The van der Waals surface area contributed by atoms with Gasteiger partial charge in [-0.25, -0.2) is 8.42 Å². The first-order chi connectivity index (χ1) is 7.45. The fourth-order valence-corrected chi connectivity index (χ4v) is 3.42. The number of rotatable bonds is 5. The minimum atomic E-state index is -3.69. The maximum Gasteiger partial charge on any atom is 0.261 e. The van der Waals surface area contributed by atoms with Crippen LogP contribution in [0.5, 0.6) is 0 Å². The third kappa shape index (κ3) is 2.37. The number of hydrogen-bond acceptors (Lipinski definition) is 4. The molecule has 0 fully saturated rings. The van der Waals surface area contributed by atoms with E-state index in [1.54, 1.807) is 6.92 Å². The highest BCUT2D eigenvalue weighted by molar-refractivity contribution is 7.89. The number of aliphatic hydroxyl groups is 1. The van der Waals surface area contributed by atoms with E-state index in [0.29, 0.717) is 0 Å². The Balaban J connectivity index is 3.20. The number of hydrogen-bond donors (Lipinski definition) is 1. The van der Waals surface area contributed by atoms with Crippen LogP contribution in [0, 0.1) is 0 Å². The van der Waals surface area contributed by atoms with Crippen LogP contribution in [0.15, 0.2) is 11.2 Å². The summed E-state index contributed by atoms with van der Waals surface area (Å²) in [5, 5.41) is 12.6. The lowest BCUT2D eigenvalue weighted by atomic mass is 10.6. The maximum atomic E-state index is 12.1. The topological polar surface area (TPSA) is 75.4 Å². The summed E-state index contributed by atoms with van der Waals surface area (Å²) in [6.45, 7) is 1.77. The Bertz CT molecular complexity index is 438. The van der Waals surface area contributed by atoms with Crippen molar-refractivity contribution in [3.63, 3.8) is 0 Å². The molecule has 0 unspecified atom stereocenters. The minimum absolute atomic E-state index is 0.0420.